The highest BCUT2D eigenvalue weighted by atomic mass is 31.1. The van der Waals surface area contributed by atoms with Crippen molar-refractivity contribution in [1.29, 1.82) is 0 Å². The van der Waals surface area contributed by atoms with Gasteiger partial charge in [-0.3, -0.25) is 14.4 Å². The molecule has 2 heterocycles. The van der Waals surface area contributed by atoms with Crippen LogP contribution < -0.4 is 20.9 Å². The summed E-state index contributed by atoms with van der Waals surface area (Å²) >= 11 is 0. The first kappa shape index (κ1) is 25.4. The van der Waals surface area contributed by atoms with Gasteiger partial charge in [0.05, 0.1) is 19.3 Å². The number of methoxy groups -OCH3 is 1. The molecule has 34 heavy (non-hydrogen) atoms. The van der Waals surface area contributed by atoms with Crippen molar-refractivity contribution in [3.05, 3.63) is 29.8 Å². The molecule has 0 spiro atoms. The largest absolute Gasteiger partial charge is 0.480 e. The van der Waals surface area contributed by atoms with E-state index in [1.807, 2.05) is 0 Å². The molecule has 184 valence electrons. The fourth-order valence-electron chi connectivity index (χ4n) is 3.08. The number of fused-ring (bicyclic) bond motifs is 1. The van der Waals surface area contributed by atoms with Gasteiger partial charge in [0.1, 0.15) is 12.6 Å². The summed E-state index contributed by atoms with van der Waals surface area (Å²) in [7, 11) is -0.943. The summed E-state index contributed by atoms with van der Waals surface area (Å²) in [6, 6.07) is 5.98. The van der Waals surface area contributed by atoms with Crippen LogP contribution in [0.3, 0.4) is 0 Å². The Kier molecular flexibility index (Phi) is 8.43. The molecule has 12 nitrogen and oxygen atoms in total. The standard InChI is InChI=1S/C21H29N6O6P/c1-12(2)33-19(28)13(3)26-34(30)15-7-5-6-14(10-15)11-27-18-16(23-21(27)29)17(22)24-20(25-18)32-9-8-31-4/h5-7,10,12-13,34H,8-9,11H2,1-4H3,(H,23,29)(H,26,30)(H2,22,24,25). The Hall–Kier alpha value is -3.21. The zero-order valence-electron chi connectivity index (χ0n) is 19.4. The normalized spacial score (nSPS) is 13.2. The quantitative estimate of drug-likeness (QED) is 0.200. The molecule has 4 N–H and O–H groups in total. The summed E-state index contributed by atoms with van der Waals surface area (Å²) < 4.78 is 29.8. The molecule has 3 rings (SSSR count). The molecule has 0 saturated heterocycles. The van der Waals surface area contributed by atoms with E-state index < -0.39 is 20.0 Å². The predicted octanol–water partition coefficient (Wildman–Crippen LogP) is 1.22. The van der Waals surface area contributed by atoms with Gasteiger partial charge < -0.3 is 29.6 Å². The zero-order valence-corrected chi connectivity index (χ0v) is 20.4. The van der Waals surface area contributed by atoms with Gasteiger partial charge in [0, 0.05) is 12.4 Å². The van der Waals surface area contributed by atoms with Crippen LogP contribution in [0, 0.1) is 0 Å². The van der Waals surface area contributed by atoms with E-state index in [0.717, 1.165) is 5.56 Å². The molecule has 0 aliphatic rings. The number of ether oxygens (including phenoxy) is 3. The second-order valence-electron chi connectivity index (χ2n) is 7.78. The molecule has 0 amide bonds. The lowest BCUT2D eigenvalue weighted by molar-refractivity contribution is -0.148. The molecular formula is C21H29N6O6P. The minimum atomic E-state index is -2.49. The summed E-state index contributed by atoms with van der Waals surface area (Å²) in [5.74, 6) is -0.406. The van der Waals surface area contributed by atoms with E-state index in [2.05, 4.69) is 20.0 Å². The Morgan fingerprint density at radius 1 is 1.24 bits per heavy atom. The predicted molar refractivity (Wildman–Crippen MR) is 127 cm³/mol. The third-order valence-electron chi connectivity index (χ3n) is 4.68. The third-order valence-corrected chi connectivity index (χ3v) is 6.21. The van der Waals surface area contributed by atoms with Crippen LogP contribution in [0.2, 0.25) is 0 Å². The highest BCUT2D eigenvalue weighted by Gasteiger charge is 2.20. The molecule has 0 saturated carbocycles. The smallest absolute Gasteiger partial charge is 0.323 e. The Bertz CT molecular complexity index is 1180. The molecule has 2 aromatic heterocycles. The molecule has 1 aromatic carbocycles. The highest BCUT2D eigenvalue weighted by Crippen LogP contribution is 2.26. The van der Waals surface area contributed by atoms with Gasteiger partial charge in [-0.1, -0.05) is 18.2 Å². The summed E-state index contributed by atoms with van der Waals surface area (Å²) in [6.45, 7) is 5.85. The number of carbonyl (C=O) groups excluding carboxylic acids is 1. The van der Waals surface area contributed by atoms with Crippen LogP contribution in [0.5, 0.6) is 12.0 Å². The fourth-order valence-corrected chi connectivity index (χ4v) is 4.32. The molecule has 0 aliphatic carbocycles. The Labute approximate surface area is 197 Å². The Balaban J connectivity index is 1.81. The molecule has 0 fully saturated rings. The lowest BCUT2D eigenvalue weighted by atomic mass is 10.2. The van der Waals surface area contributed by atoms with Gasteiger partial charge in [-0.05, 0) is 32.4 Å². The van der Waals surface area contributed by atoms with E-state index in [-0.39, 0.29) is 42.6 Å². The van der Waals surface area contributed by atoms with Crippen molar-refractivity contribution >= 4 is 36.2 Å². The topological polar surface area (TPSA) is 164 Å². The van der Waals surface area contributed by atoms with Crippen LogP contribution in [0.4, 0.5) is 5.82 Å². The van der Waals surface area contributed by atoms with E-state index in [4.69, 9.17) is 19.9 Å². The number of esters is 1. The number of carbonyl (C=O) groups is 1. The van der Waals surface area contributed by atoms with Crippen LogP contribution in [0.15, 0.2) is 24.3 Å². The van der Waals surface area contributed by atoms with Crippen LogP contribution in [-0.4, -0.2) is 63.1 Å². The monoisotopic (exact) mass is 492 g/mol. The summed E-state index contributed by atoms with van der Waals surface area (Å²) in [5, 5.41) is 13.7. The Morgan fingerprint density at radius 3 is 2.71 bits per heavy atom. The number of hydrogen-bond donors (Lipinski definition) is 3. The molecule has 0 bridgehead atoms. The first-order valence-corrected chi connectivity index (χ1v) is 12.0. The first-order chi connectivity index (χ1) is 16.2. The van der Waals surface area contributed by atoms with Gasteiger partial charge in [0.2, 0.25) is 0 Å². The average Bonchev–Trinajstić information content (AvgIpc) is 3.09. The van der Waals surface area contributed by atoms with Crippen molar-refractivity contribution in [1.82, 2.24) is 24.6 Å². The number of imidazole rings is 1. The number of benzene rings is 1. The van der Waals surface area contributed by atoms with E-state index >= 15 is 0 Å². The van der Waals surface area contributed by atoms with Crippen LogP contribution in [0.1, 0.15) is 26.3 Å². The molecule has 2 unspecified atom stereocenters. The lowest BCUT2D eigenvalue weighted by Crippen LogP contribution is -2.33. The van der Waals surface area contributed by atoms with Crippen LogP contribution in [0.25, 0.3) is 11.2 Å². The van der Waals surface area contributed by atoms with Gasteiger partial charge in [-0.2, -0.15) is 15.0 Å². The second kappa shape index (κ2) is 11.3. The number of nitrogen functional groups attached to an aromatic ring is 1. The van der Waals surface area contributed by atoms with Gasteiger partial charge in [0.15, 0.2) is 24.9 Å². The van der Waals surface area contributed by atoms with E-state index in [1.165, 1.54) is 4.57 Å². The van der Waals surface area contributed by atoms with Crippen molar-refractivity contribution < 1.29 is 28.7 Å². The van der Waals surface area contributed by atoms with Crippen LogP contribution in [-0.2, 0) is 25.4 Å². The summed E-state index contributed by atoms with van der Waals surface area (Å²) in [6.07, 6.45) is -0.260. The maximum Gasteiger partial charge on any atom is 0.323 e. The average molecular weight is 492 g/mol. The van der Waals surface area contributed by atoms with E-state index in [0.29, 0.717) is 17.6 Å². The SMILES string of the molecule is COCCOc1nc(N)c2nc(O)n(Cc3cccc([PH](=O)NC(C)C(=O)OC(C)C)c3)c2n1. The molecule has 0 aliphatic heterocycles. The minimum absolute atomic E-state index is 0.0356. The third kappa shape index (κ3) is 6.22. The lowest BCUT2D eigenvalue weighted by Gasteiger charge is -2.15. The number of nitrogens with zero attached hydrogens (tertiary/aromatic N) is 4. The number of nitrogens with two attached hydrogens (primary N) is 1. The number of anilines is 1. The minimum Gasteiger partial charge on any atom is -0.480 e. The van der Waals surface area contributed by atoms with Crippen LogP contribution >= 0.6 is 7.95 Å². The summed E-state index contributed by atoms with van der Waals surface area (Å²) in [5.41, 5.74) is 7.22. The first-order valence-electron chi connectivity index (χ1n) is 10.6. The van der Waals surface area contributed by atoms with E-state index in [1.54, 1.807) is 52.1 Å². The maximum absolute atomic E-state index is 12.8. The number of rotatable bonds is 11. The maximum atomic E-state index is 12.8. The van der Waals surface area contributed by atoms with Crippen molar-refractivity contribution in [2.24, 2.45) is 0 Å². The number of aromatic nitrogens is 4. The van der Waals surface area contributed by atoms with Gasteiger partial charge >= 0.3 is 12.0 Å². The van der Waals surface area contributed by atoms with Crippen molar-refractivity contribution in [3.8, 4) is 12.0 Å². The molecule has 3 aromatic rings. The molecular weight excluding hydrogens is 463 g/mol. The summed E-state index contributed by atoms with van der Waals surface area (Å²) in [4.78, 5) is 24.4. The zero-order chi connectivity index (χ0) is 24.8. The van der Waals surface area contributed by atoms with Gasteiger partial charge in [-0.15, -0.1) is 0 Å². The molecule has 2 atom stereocenters. The Morgan fingerprint density at radius 2 is 2.00 bits per heavy atom. The van der Waals surface area contributed by atoms with Crippen molar-refractivity contribution in [3.63, 3.8) is 0 Å². The number of hydrogen-bond acceptors (Lipinski definition) is 10. The number of nitrogens with one attached hydrogen (secondary N) is 1. The molecule has 13 heteroatoms. The molecule has 0 radical (unpaired) electrons. The highest BCUT2D eigenvalue weighted by molar-refractivity contribution is 7.51. The second-order valence-corrected chi connectivity index (χ2v) is 9.31. The van der Waals surface area contributed by atoms with Gasteiger partial charge in [-0.25, -0.2) is 0 Å². The fraction of sp³-hybridized carbons (Fsp3) is 0.429. The number of aromatic hydroxyl groups is 1. The van der Waals surface area contributed by atoms with Crippen molar-refractivity contribution in [2.45, 2.75) is 39.5 Å². The van der Waals surface area contributed by atoms with Crippen molar-refractivity contribution in [2.75, 3.05) is 26.1 Å². The van der Waals surface area contributed by atoms with E-state index in [9.17, 15) is 14.5 Å². The van der Waals surface area contributed by atoms with Gasteiger partial charge in [0.25, 0.3) is 6.01 Å².